The predicted molar refractivity (Wildman–Crippen MR) is 69.2 cm³/mol. The van der Waals surface area contributed by atoms with E-state index in [4.69, 9.17) is 0 Å². The zero-order valence-corrected chi connectivity index (χ0v) is 10.3. The van der Waals surface area contributed by atoms with Gasteiger partial charge in [-0.2, -0.15) is 0 Å². The molecular formula is C14H14OS. The third kappa shape index (κ3) is 2.07. The molecule has 0 aliphatic carbocycles. The van der Waals surface area contributed by atoms with Crippen LogP contribution in [0.1, 0.15) is 35.7 Å². The Hall–Kier alpha value is -1.41. The van der Waals surface area contributed by atoms with E-state index < -0.39 is 0 Å². The first kappa shape index (κ1) is 11.1. The molecule has 0 radical (unpaired) electrons. The summed E-state index contributed by atoms with van der Waals surface area (Å²) in [6.07, 6.45) is 0.901. The van der Waals surface area contributed by atoms with Crippen LogP contribution in [-0.4, -0.2) is 6.29 Å². The molecule has 2 heteroatoms. The van der Waals surface area contributed by atoms with Gasteiger partial charge in [-0.25, -0.2) is 0 Å². The fraction of sp³-hybridized carbons (Fsp3) is 0.214. The smallest absolute Gasteiger partial charge is 0.150 e. The van der Waals surface area contributed by atoms with Crippen molar-refractivity contribution in [2.24, 2.45) is 0 Å². The van der Waals surface area contributed by atoms with Crippen LogP contribution >= 0.6 is 11.3 Å². The molecule has 16 heavy (non-hydrogen) atoms. The lowest BCUT2D eigenvalue weighted by Gasteiger charge is -2.10. The van der Waals surface area contributed by atoms with Crippen LogP contribution in [0.2, 0.25) is 0 Å². The van der Waals surface area contributed by atoms with Crippen LogP contribution < -0.4 is 0 Å². The highest BCUT2D eigenvalue weighted by molar-refractivity contribution is 7.13. The highest BCUT2D eigenvalue weighted by atomic mass is 32.1. The van der Waals surface area contributed by atoms with Crippen molar-refractivity contribution in [3.63, 3.8) is 0 Å². The lowest BCUT2D eigenvalue weighted by atomic mass is 9.96. The van der Waals surface area contributed by atoms with Crippen LogP contribution in [0.3, 0.4) is 0 Å². The topological polar surface area (TPSA) is 17.1 Å². The molecule has 0 aliphatic heterocycles. The third-order valence-electron chi connectivity index (χ3n) is 2.60. The van der Waals surface area contributed by atoms with Gasteiger partial charge in [-0.1, -0.05) is 38.1 Å². The molecule has 1 aromatic carbocycles. The summed E-state index contributed by atoms with van der Waals surface area (Å²) in [5.74, 6) is 0.498. The van der Waals surface area contributed by atoms with E-state index in [0.29, 0.717) is 5.92 Å². The summed E-state index contributed by atoms with van der Waals surface area (Å²) in [5.41, 5.74) is 3.34. The number of hydrogen-bond acceptors (Lipinski definition) is 2. The van der Waals surface area contributed by atoms with Crippen LogP contribution in [0.4, 0.5) is 0 Å². The van der Waals surface area contributed by atoms with Crippen LogP contribution in [0.15, 0.2) is 35.7 Å². The van der Waals surface area contributed by atoms with E-state index in [1.807, 2.05) is 17.5 Å². The molecule has 0 atom stereocenters. The maximum absolute atomic E-state index is 10.7. The SMILES string of the molecule is CC(C)c1ccccc1-c1cc(C=O)cs1. The summed E-state index contributed by atoms with van der Waals surface area (Å²) in [4.78, 5) is 11.8. The number of carbonyl (C=O) groups excluding carboxylic acids is 1. The van der Waals surface area contributed by atoms with Gasteiger partial charge in [-0.05, 0) is 23.1 Å². The van der Waals surface area contributed by atoms with Crippen LogP contribution in [0.5, 0.6) is 0 Å². The molecule has 2 rings (SSSR count). The van der Waals surface area contributed by atoms with Crippen molar-refractivity contribution in [2.45, 2.75) is 19.8 Å². The fourth-order valence-electron chi connectivity index (χ4n) is 1.78. The second-order valence-electron chi connectivity index (χ2n) is 4.10. The maximum atomic E-state index is 10.7. The second-order valence-corrected chi connectivity index (χ2v) is 5.02. The first-order chi connectivity index (χ1) is 7.72. The first-order valence-corrected chi connectivity index (χ1v) is 6.23. The first-order valence-electron chi connectivity index (χ1n) is 5.35. The van der Waals surface area contributed by atoms with E-state index in [9.17, 15) is 4.79 Å². The molecule has 0 spiro atoms. The van der Waals surface area contributed by atoms with E-state index in [2.05, 4.69) is 32.0 Å². The maximum Gasteiger partial charge on any atom is 0.150 e. The van der Waals surface area contributed by atoms with Gasteiger partial charge in [0.2, 0.25) is 0 Å². The molecule has 0 N–H and O–H groups in total. The Labute approximate surface area is 99.8 Å². The molecule has 0 fully saturated rings. The van der Waals surface area contributed by atoms with Gasteiger partial charge < -0.3 is 0 Å². The van der Waals surface area contributed by atoms with Crippen LogP contribution in [-0.2, 0) is 0 Å². The normalized spacial score (nSPS) is 10.7. The molecule has 0 saturated carbocycles. The van der Waals surface area contributed by atoms with Gasteiger partial charge in [0.15, 0.2) is 6.29 Å². The zero-order chi connectivity index (χ0) is 11.5. The highest BCUT2D eigenvalue weighted by Crippen LogP contribution is 2.32. The number of hydrogen-bond donors (Lipinski definition) is 0. The van der Waals surface area contributed by atoms with Gasteiger partial charge in [-0.15, -0.1) is 11.3 Å². The summed E-state index contributed by atoms with van der Waals surface area (Å²) in [5, 5.41) is 1.90. The van der Waals surface area contributed by atoms with Gasteiger partial charge >= 0.3 is 0 Å². The van der Waals surface area contributed by atoms with E-state index in [0.717, 1.165) is 11.8 Å². The van der Waals surface area contributed by atoms with Crippen molar-refractivity contribution in [3.05, 3.63) is 46.8 Å². The fourth-order valence-corrected chi connectivity index (χ4v) is 2.68. The number of benzene rings is 1. The summed E-state index contributed by atoms with van der Waals surface area (Å²) in [6, 6.07) is 10.3. The van der Waals surface area contributed by atoms with Crippen LogP contribution in [0, 0.1) is 0 Å². The van der Waals surface area contributed by atoms with Gasteiger partial charge in [-0.3, -0.25) is 4.79 Å². The lowest BCUT2D eigenvalue weighted by Crippen LogP contribution is -1.90. The van der Waals surface area contributed by atoms with Crippen LogP contribution in [0.25, 0.3) is 10.4 Å². The number of carbonyl (C=O) groups is 1. The van der Waals surface area contributed by atoms with Gasteiger partial charge in [0, 0.05) is 15.8 Å². The quantitative estimate of drug-likeness (QED) is 0.716. The molecule has 0 saturated heterocycles. The van der Waals surface area contributed by atoms with Gasteiger partial charge in [0.25, 0.3) is 0 Å². The second kappa shape index (κ2) is 4.62. The molecule has 0 unspecified atom stereocenters. The van der Waals surface area contributed by atoms with E-state index in [-0.39, 0.29) is 0 Å². The minimum atomic E-state index is 0.498. The van der Waals surface area contributed by atoms with Crippen molar-refractivity contribution in [1.29, 1.82) is 0 Å². The minimum Gasteiger partial charge on any atom is -0.298 e. The van der Waals surface area contributed by atoms with E-state index >= 15 is 0 Å². The van der Waals surface area contributed by atoms with E-state index in [1.54, 1.807) is 11.3 Å². The average molecular weight is 230 g/mol. The molecule has 82 valence electrons. The summed E-state index contributed by atoms with van der Waals surface area (Å²) < 4.78 is 0. The van der Waals surface area contributed by atoms with Crippen molar-refractivity contribution in [1.82, 2.24) is 0 Å². The number of aldehydes is 1. The Bertz CT molecular complexity index is 497. The number of thiophene rings is 1. The summed E-state index contributed by atoms with van der Waals surface area (Å²) in [6.45, 7) is 4.38. The Morgan fingerprint density at radius 2 is 2.00 bits per heavy atom. The Morgan fingerprint density at radius 1 is 1.25 bits per heavy atom. The lowest BCUT2D eigenvalue weighted by molar-refractivity contribution is 0.112. The standard InChI is InChI=1S/C14H14OS/c1-10(2)12-5-3-4-6-13(12)14-7-11(8-15)9-16-14/h3-10H,1-2H3. The highest BCUT2D eigenvalue weighted by Gasteiger charge is 2.09. The number of rotatable bonds is 3. The van der Waals surface area contributed by atoms with Gasteiger partial charge in [0.1, 0.15) is 0 Å². The van der Waals surface area contributed by atoms with Crippen molar-refractivity contribution in [2.75, 3.05) is 0 Å². The third-order valence-corrected chi connectivity index (χ3v) is 3.59. The van der Waals surface area contributed by atoms with Crippen molar-refractivity contribution >= 4 is 17.6 Å². The Kier molecular flexibility index (Phi) is 3.20. The molecular weight excluding hydrogens is 216 g/mol. The van der Waals surface area contributed by atoms with E-state index in [1.165, 1.54) is 16.0 Å². The Morgan fingerprint density at radius 3 is 2.62 bits per heavy atom. The van der Waals surface area contributed by atoms with Crippen molar-refractivity contribution < 1.29 is 4.79 Å². The average Bonchev–Trinajstić information content (AvgIpc) is 2.77. The molecule has 0 amide bonds. The molecule has 1 heterocycles. The monoisotopic (exact) mass is 230 g/mol. The molecule has 1 nitrogen and oxygen atoms in total. The largest absolute Gasteiger partial charge is 0.298 e. The Balaban J connectivity index is 2.50. The predicted octanol–water partition coefficient (Wildman–Crippen LogP) is 4.35. The molecule has 0 aliphatic rings. The molecule has 1 aromatic heterocycles. The molecule has 2 aromatic rings. The minimum absolute atomic E-state index is 0.498. The summed E-state index contributed by atoms with van der Waals surface area (Å²) in [7, 11) is 0. The zero-order valence-electron chi connectivity index (χ0n) is 9.44. The summed E-state index contributed by atoms with van der Waals surface area (Å²) >= 11 is 1.63. The molecule has 0 bridgehead atoms. The van der Waals surface area contributed by atoms with Gasteiger partial charge in [0.05, 0.1) is 0 Å². The van der Waals surface area contributed by atoms with Crippen molar-refractivity contribution in [3.8, 4) is 10.4 Å².